The highest BCUT2D eigenvalue weighted by molar-refractivity contribution is 5.91. The van der Waals surface area contributed by atoms with Crippen LogP contribution in [-0.4, -0.2) is 48.2 Å². The van der Waals surface area contributed by atoms with Crippen LogP contribution in [0.2, 0.25) is 0 Å². The summed E-state index contributed by atoms with van der Waals surface area (Å²) in [6.07, 6.45) is 3.71. The smallest absolute Gasteiger partial charge is 0.273 e. The second-order valence-electron chi connectivity index (χ2n) is 5.93. The Labute approximate surface area is 158 Å². The highest BCUT2D eigenvalue weighted by Crippen LogP contribution is 2.24. The summed E-state index contributed by atoms with van der Waals surface area (Å²) in [4.78, 5) is 12.3. The van der Waals surface area contributed by atoms with Crippen LogP contribution in [0.3, 0.4) is 0 Å². The molecule has 2 N–H and O–H groups in total. The van der Waals surface area contributed by atoms with E-state index in [0.717, 1.165) is 31.5 Å². The van der Waals surface area contributed by atoms with E-state index in [1.54, 1.807) is 31.2 Å². The molecule has 2 aromatic rings. The van der Waals surface area contributed by atoms with E-state index in [9.17, 15) is 4.79 Å². The van der Waals surface area contributed by atoms with E-state index < -0.39 is 0 Å². The Kier molecular flexibility index (Phi) is 7.23. The van der Waals surface area contributed by atoms with Crippen molar-refractivity contribution in [2.75, 3.05) is 27.3 Å². The van der Waals surface area contributed by atoms with Crippen molar-refractivity contribution in [3.8, 4) is 11.5 Å². The number of halogens is 1. The zero-order chi connectivity index (χ0) is 17.6. The summed E-state index contributed by atoms with van der Waals surface area (Å²) >= 11 is 0. The van der Waals surface area contributed by atoms with Crippen molar-refractivity contribution in [1.82, 2.24) is 25.6 Å². The van der Waals surface area contributed by atoms with Gasteiger partial charge < -0.3 is 20.1 Å². The quantitative estimate of drug-likeness (QED) is 0.789. The molecule has 0 radical (unpaired) electrons. The Bertz CT molecular complexity index is 731. The highest BCUT2D eigenvalue weighted by atomic mass is 35.5. The molecule has 0 saturated carbocycles. The molecule has 0 spiro atoms. The summed E-state index contributed by atoms with van der Waals surface area (Å²) in [5, 5.41) is 14.3. The van der Waals surface area contributed by atoms with Gasteiger partial charge in [-0.15, -0.1) is 17.5 Å². The molecule has 0 bridgehead atoms. The number of methoxy groups -OCH3 is 2. The molecule has 26 heavy (non-hydrogen) atoms. The summed E-state index contributed by atoms with van der Waals surface area (Å²) in [5.41, 5.74) is 1.19. The molecule has 1 aliphatic rings. The molecule has 1 saturated heterocycles. The lowest BCUT2D eigenvalue weighted by molar-refractivity contribution is 0.0945. The van der Waals surface area contributed by atoms with E-state index >= 15 is 0 Å². The first-order valence-electron chi connectivity index (χ1n) is 8.33. The van der Waals surface area contributed by atoms with E-state index in [2.05, 4.69) is 20.9 Å². The maximum atomic E-state index is 12.3. The third kappa shape index (κ3) is 4.64. The number of hydrogen-bond donors (Lipinski definition) is 2. The third-order valence-corrected chi connectivity index (χ3v) is 4.36. The van der Waals surface area contributed by atoms with Gasteiger partial charge in [0.2, 0.25) is 0 Å². The van der Waals surface area contributed by atoms with Crippen LogP contribution in [0.1, 0.15) is 34.9 Å². The fourth-order valence-corrected chi connectivity index (χ4v) is 2.89. The molecule has 142 valence electrons. The van der Waals surface area contributed by atoms with Crippen molar-refractivity contribution in [3.05, 3.63) is 35.7 Å². The SMILES string of the molecule is COc1ccc(CNC(=O)c2cn(C3CCNCC3)nn2)c(OC)c1.Cl. The van der Waals surface area contributed by atoms with E-state index in [4.69, 9.17) is 9.47 Å². The van der Waals surface area contributed by atoms with Crippen LogP contribution in [0.4, 0.5) is 0 Å². The largest absolute Gasteiger partial charge is 0.497 e. The number of carbonyl (C=O) groups excluding carboxylic acids is 1. The standard InChI is InChI=1S/C17H23N5O3.ClH/c1-24-14-4-3-12(16(9-14)25-2)10-19-17(23)15-11-22(21-20-15)13-5-7-18-8-6-13;/h3-4,9,11,13,18H,5-8,10H2,1-2H3,(H,19,23);1H. The van der Waals surface area contributed by atoms with Gasteiger partial charge in [0.05, 0.1) is 26.5 Å². The topological polar surface area (TPSA) is 90.3 Å². The molecule has 0 atom stereocenters. The summed E-state index contributed by atoms with van der Waals surface area (Å²) in [5.74, 6) is 1.12. The number of rotatable bonds is 6. The second-order valence-corrected chi connectivity index (χ2v) is 5.93. The van der Waals surface area contributed by atoms with Gasteiger partial charge in [0, 0.05) is 18.2 Å². The van der Waals surface area contributed by atoms with Gasteiger partial charge in [-0.05, 0) is 38.1 Å². The number of nitrogens with zero attached hydrogens (tertiary/aromatic N) is 3. The van der Waals surface area contributed by atoms with Gasteiger partial charge in [-0.25, -0.2) is 4.68 Å². The van der Waals surface area contributed by atoms with E-state index in [1.807, 2.05) is 12.1 Å². The summed E-state index contributed by atoms with van der Waals surface area (Å²) in [7, 11) is 3.19. The van der Waals surface area contributed by atoms with Crippen molar-refractivity contribution in [1.29, 1.82) is 0 Å². The molecule has 1 aromatic carbocycles. The molecule has 1 amide bonds. The van der Waals surface area contributed by atoms with E-state index in [1.165, 1.54) is 0 Å². The minimum atomic E-state index is -0.252. The number of aromatic nitrogens is 3. The van der Waals surface area contributed by atoms with E-state index in [-0.39, 0.29) is 18.3 Å². The molecular weight excluding hydrogens is 358 g/mol. The maximum absolute atomic E-state index is 12.3. The fraction of sp³-hybridized carbons (Fsp3) is 0.471. The lowest BCUT2D eigenvalue weighted by Crippen LogP contribution is -2.29. The number of benzene rings is 1. The first-order valence-corrected chi connectivity index (χ1v) is 8.33. The number of piperidine rings is 1. The minimum absolute atomic E-state index is 0. The molecule has 1 aliphatic heterocycles. The molecule has 2 heterocycles. The Morgan fingerprint density at radius 1 is 1.31 bits per heavy atom. The van der Waals surface area contributed by atoms with Crippen molar-refractivity contribution < 1.29 is 14.3 Å². The van der Waals surface area contributed by atoms with Crippen LogP contribution in [0.25, 0.3) is 0 Å². The van der Waals surface area contributed by atoms with Crippen molar-refractivity contribution in [2.24, 2.45) is 0 Å². The average Bonchev–Trinajstić information content (AvgIpc) is 3.17. The predicted octanol–water partition coefficient (Wildman–Crippen LogP) is 1.57. The van der Waals surface area contributed by atoms with Gasteiger partial charge >= 0.3 is 0 Å². The molecule has 1 fully saturated rings. The Hall–Kier alpha value is -2.32. The molecular formula is C17H24ClN5O3. The van der Waals surface area contributed by atoms with Gasteiger partial charge in [-0.1, -0.05) is 5.21 Å². The van der Waals surface area contributed by atoms with Crippen LogP contribution in [-0.2, 0) is 6.54 Å². The predicted molar refractivity (Wildman–Crippen MR) is 99.1 cm³/mol. The number of nitrogens with one attached hydrogen (secondary N) is 2. The van der Waals surface area contributed by atoms with E-state index in [0.29, 0.717) is 29.8 Å². The molecule has 0 unspecified atom stereocenters. The first kappa shape index (κ1) is 20.0. The summed E-state index contributed by atoms with van der Waals surface area (Å²) in [6, 6.07) is 5.79. The minimum Gasteiger partial charge on any atom is -0.497 e. The van der Waals surface area contributed by atoms with Gasteiger partial charge in [0.25, 0.3) is 5.91 Å². The van der Waals surface area contributed by atoms with Crippen LogP contribution in [0, 0.1) is 0 Å². The third-order valence-electron chi connectivity index (χ3n) is 4.36. The van der Waals surface area contributed by atoms with Gasteiger partial charge in [-0.2, -0.15) is 0 Å². The average molecular weight is 382 g/mol. The number of hydrogen-bond acceptors (Lipinski definition) is 6. The van der Waals surface area contributed by atoms with Crippen LogP contribution < -0.4 is 20.1 Å². The molecule has 1 aromatic heterocycles. The van der Waals surface area contributed by atoms with Crippen molar-refractivity contribution >= 4 is 18.3 Å². The number of ether oxygens (including phenoxy) is 2. The lowest BCUT2D eigenvalue weighted by atomic mass is 10.1. The Morgan fingerprint density at radius 3 is 2.77 bits per heavy atom. The summed E-state index contributed by atoms with van der Waals surface area (Å²) in [6.45, 7) is 2.26. The Morgan fingerprint density at radius 2 is 2.08 bits per heavy atom. The lowest BCUT2D eigenvalue weighted by Gasteiger charge is -2.22. The normalized spacial score (nSPS) is 14.4. The maximum Gasteiger partial charge on any atom is 0.273 e. The number of amides is 1. The zero-order valence-electron chi connectivity index (χ0n) is 14.9. The second kappa shape index (κ2) is 9.40. The fourth-order valence-electron chi connectivity index (χ4n) is 2.89. The van der Waals surface area contributed by atoms with Crippen molar-refractivity contribution in [3.63, 3.8) is 0 Å². The molecule has 9 heteroatoms. The Balaban J connectivity index is 0.00000243. The van der Waals surface area contributed by atoms with Crippen LogP contribution in [0.15, 0.2) is 24.4 Å². The van der Waals surface area contributed by atoms with Gasteiger partial charge in [-0.3, -0.25) is 4.79 Å². The summed E-state index contributed by atoms with van der Waals surface area (Å²) < 4.78 is 12.3. The number of carbonyl (C=O) groups is 1. The monoisotopic (exact) mass is 381 g/mol. The van der Waals surface area contributed by atoms with Crippen molar-refractivity contribution in [2.45, 2.75) is 25.4 Å². The van der Waals surface area contributed by atoms with Crippen LogP contribution >= 0.6 is 12.4 Å². The molecule has 3 rings (SSSR count). The molecule has 0 aliphatic carbocycles. The highest BCUT2D eigenvalue weighted by Gasteiger charge is 2.19. The van der Waals surface area contributed by atoms with Gasteiger partial charge in [0.1, 0.15) is 11.5 Å². The molecule has 8 nitrogen and oxygen atoms in total. The van der Waals surface area contributed by atoms with Gasteiger partial charge in [0.15, 0.2) is 5.69 Å². The van der Waals surface area contributed by atoms with Crippen LogP contribution in [0.5, 0.6) is 11.5 Å². The zero-order valence-corrected chi connectivity index (χ0v) is 15.7. The first-order chi connectivity index (χ1) is 12.2.